The van der Waals surface area contributed by atoms with E-state index < -0.39 is 0 Å². The summed E-state index contributed by atoms with van der Waals surface area (Å²) in [5.41, 5.74) is 6.41. The van der Waals surface area contributed by atoms with Gasteiger partial charge in [-0.15, -0.1) is 0 Å². The molecule has 0 saturated heterocycles. The van der Waals surface area contributed by atoms with Crippen LogP contribution in [0.25, 0.3) is 0 Å². The standard InChI is InChI=1S/C7H11NO2/c1-5-6(2-3-10-5)7(8)4-9/h2-3,7,9H,4,8H2,1H3/t7-/m0/s1. The van der Waals surface area contributed by atoms with Crippen molar-refractivity contribution in [2.45, 2.75) is 13.0 Å². The summed E-state index contributed by atoms with van der Waals surface area (Å²) in [6, 6.07) is 1.47. The van der Waals surface area contributed by atoms with Gasteiger partial charge in [0.1, 0.15) is 5.76 Å². The number of nitrogens with two attached hydrogens (primary N) is 1. The maximum Gasteiger partial charge on any atom is 0.105 e. The van der Waals surface area contributed by atoms with E-state index in [4.69, 9.17) is 15.3 Å². The molecule has 0 aromatic carbocycles. The molecule has 1 aromatic heterocycles. The Balaban J connectivity index is 2.82. The Hall–Kier alpha value is -0.800. The van der Waals surface area contributed by atoms with Crippen molar-refractivity contribution in [2.24, 2.45) is 5.73 Å². The summed E-state index contributed by atoms with van der Waals surface area (Å²) < 4.78 is 5.00. The van der Waals surface area contributed by atoms with Crippen LogP contribution in [-0.4, -0.2) is 11.7 Å². The third-order valence-corrected chi connectivity index (χ3v) is 1.50. The Kier molecular flexibility index (Phi) is 2.09. The Labute approximate surface area is 59.5 Å². The Bertz CT molecular complexity index is 207. The van der Waals surface area contributed by atoms with Crippen LogP contribution >= 0.6 is 0 Å². The highest BCUT2D eigenvalue weighted by molar-refractivity contribution is 5.19. The maximum atomic E-state index is 8.66. The first-order valence-corrected chi connectivity index (χ1v) is 3.16. The average molecular weight is 141 g/mol. The van der Waals surface area contributed by atoms with Crippen LogP contribution < -0.4 is 5.73 Å². The van der Waals surface area contributed by atoms with Crippen molar-refractivity contribution in [3.63, 3.8) is 0 Å². The first kappa shape index (κ1) is 7.31. The van der Waals surface area contributed by atoms with Crippen LogP contribution in [0.2, 0.25) is 0 Å². The molecule has 0 saturated carbocycles. The van der Waals surface area contributed by atoms with Crippen LogP contribution in [0, 0.1) is 6.92 Å². The molecule has 3 nitrogen and oxygen atoms in total. The number of aliphatic hydroxyl groups is 1. The molecule has 0 fully saturated rings. The van der Waals surface area contributed by atoms with Crippen molar-refractivity contribution >= 4 is 0 Å². The van der Waals surface area contributed by atoms with Gasteiger partial charge in [-0.1, -0.05) is 0 Å². The van der Waals surface area contributed by atoms with Gasteiger partial charge in [0.15, 0.2) is 0 Å². The predicted octanol–water partition coefficient (Wildman–Crippen LogP) is 0.580. The smallest absolute Gasteiger partial charge is 0.105 e. The number of hydrogen-bond acceptors (Lipinski definition) is 3. The van der Waals surface area contributed by atoms with Gasteiger partial charge in [-0.25, -0.2) is 0 Å². The van der Waals surface area contributed by atoms with E-state index in [-0.39, 0.29) is 12.6 Å². The zero-order chi connectivity index (χ0) is 7.56. The summed E-state index contributed by atoms with van der Waals surface area (Å²) in [4.78, 5) is 0. The zero-order valence-corrected chi connectivity index (χ0v) is 5.87. The number of aliphatic hydroxyl groups excluding tert-OH is 1. The van der Waals surface area contributed by atoms with Gasteiger partial charge in [-0.3, -0.25) is 0 Å². The highest BCUT2D eigenvalue weighted by Gasteiger charge is 2.08. The lowest BCUT2D eigenvalue weighted by Gasteiger charge is -2.04. The molecule has 0 unspecified atom stereocenters. The molecule has 1 aromatic rings. The summed E-state index contributed by atoms with van der Waals surface area (Å²) >= 11 is 0. The van der Waals surface area contributed by atoms with Gasteiger partial charge < -0.3 is 15.3 Å². The lowest BCUT2D eigenvalue weighted by Crippen LogP contribution is -2.14. The van der Waals surface area contributed by atoms with E-state index in [9.17, 15) is 0 Å². The monoisotopic (exact) mass is 141 g/mol. The summed E-state index contributed by atoms with van der Waals surface area (Å²) in [6.07, 6.45) is 1.57. The zero-order valence-electron chi connectivity index (χ0n) is 5.87. The molecule has 3 N–H and O–H groups in total. The summed E-state index contributed by atoms with van der Waals surface area (Å²) in [7, 11) is 0. The minimum atomic E-state index is -0.307. The molecule has 0 bridgehead atoms. The van der Waals surface area contributed by atoms with Crippen LogP contribution in [0.4, 0.5) is 0 Å². The molecule has 1 rings (SSSR count). The molecule has 10 heavy (non-hydrogen) atoms. The Morgan fingerprint density at radius 2 is 2.50 bits per heavy atom. The molecule has 0 radical (unpaired) electrons. The van der Waals surface area contributed by atoms with Gasteiger partial charge >= 0.3 is 0 Å². The first-order valence-electron chi connectivity index (χ1n) is 3.16. The SMILES string of the molecule is Cc1occc1[C@@H](N)CO. The molecule has 0 spiro atoms. The minimum absolute atomic E-state index is 0.0413. The molecule has 56 valence electrons. The van der Waals surface area contributed by atoms with Crippen LogP contribution in [0.1, 0.15) is 17.4 Å². The normalized spacial score (nSPS) is 13.5. The van der Waals surface area contributed by atoms with Crippen molar-refractivity contribution < 1.29 is 9.52 Å². The number of hydrogen-bond donors (Lipinski definition) is 2. The van der Waals surface area contributed by atoms with E-state index in [0.29, 0.717) is 0 Å². The molecule has 3 heteroatoms. The van der Waals surface area contributed by atoms with E-state index in [0.717, 1.165) is 11.3 Å². The Morgan fingerprint density at radius 1 is 1.80 bits per heavy atom. The van der Waals surface area contributed by atoms with E-state index in [1.165, 1.54) is 0 Å². The molecule has 0 amide bonds. The Morgan fingerprint density at radius 3 is 2.90 bits per heavy atom. The van der Waals surface area contributed by atoms with Gasteiger partial charge in [0.2, 0.25) is 0 Å². The van der Waals surface area contributed by atoms with Crippen LogP contribution in [0.3, 0.4) is 0 Å². The number of aryl methyl sites for hydroxylation is 1. The van der Waals surface area contributed by atoms with Gasteiger partial charge in [-0.05, 0) is 13.0 Å². The molecule has 1 atom stereocenters. The van der Waals surface area contributed by atoms with E-state index in [2.05, 4.69) is 0 Å². The topological polar surface area (TPSA) is 59.4 Å². The van der Waals surface area contributed by atoms with Crippen LogP contribution in [0.15, 0.2) is 16.7 Å². The minimum Gasteiger partial charge on any atom is -0.469 e. The lowest BCUT2D eigenvalue weighted by molar-refractivity contribution is 0.267. The molecular weight excluding hydrogens is 130 g/mol. The third kappa shape index (κ3) is 1.20. The quantitative estimate of drug-likeness (QED) is 0.633. The second kappa shape index (κ2) is 2.86. The highest BCUT2D eigenvalue weighted by Crippen LogP contribution is 2.15. The molecule has 0 aliphatic rings. The van der Waals surface area contributed by atoms with Gasteiger partial charge in [0.05, 0.1) is 18.9 Å². The van der Waals surface area contributed by atoms with Crippen molar-refractivity contribution in [3.05, 3.63) is 23.7 Å². The number of furan rings is 1. The van der Waals surface area contributed by atoms with Gasteiger partial charge in [0.25, 0.3) is 0 Å². The van der Waals surface area contributed by atoms with E-state index >= 15 is 0 Å². The molecule has 0 aliphatic carbocycles. The lowest BCUT2D eigenvalue weighted by atomic mass is 10.1. The van der Waals surface area contributed by atoms with Gasteiger partial charge in [0, 0.05) is 5.56 Å². The third-order valence-electron chi connectivity index (χ3n) is 1.50. The van der Waals surface area contributed by atoms with E-state index in [1.54, 1.807) is 12.3 Å². The summed E-state index contributed by atoms with van der Waals surface area (Å²) in [5.74, 6) is 0.779. The van der Waals surface area contributed by atoms with E-state index in [1.807, 2.05) is 6.92 Å². The highest BCUT2D eigenvalue weighted by atomic mass is 16.3. The second-order valence-corrected chi connectivity index (χ2v) is 2.22. The van der Waals surface area contributed by atoms with Gasteiger partial charge in [-0.2, -0.15) is 0 Å². The van der Waals surface area contributed by atoms with Crippen molar-refractivity contribution in [3.8, 4) is 0 Å². The van der Waals surface area contributed by atoms with Crippen molar-refractivity contribution in [2.75, 3.05) is 6.61 Å². The number of rotatable bonds is 2. The predicted molar refractivity (Wildman–Crippen MR) is 37.5 cm³/mol. The van der Waals surface area contributed by atoms with Crippen molar-refractivity contribution in [1.29, 1.82) is 0 Å². The van der Waals surface area contributed by atoms with Crippen LogP contribution in [-0.2, 0) is 0 Å². The fourth-order valence-corrected chi connectivity index (χ4v) is 0.878. The molecular formula is C7H11NO2. The molecule has 1 heterocycles. The average Bonchev–Trinajstić information content (AvgIpc) is 2.34. The fourth-order valence-electron chi connectivity index (χ4n) is 0.878. The van der Waals surface area contributed by atoms with Crippen LogP contribution in [0.5, 0.6) is 0 Å². The molecule has 0 aliphatic heterocycles. The van der Waals surface area contributed by atoms with Crippen molar-refractivity contribution in [1.82, 2.24) is 0 Å². The largest absolute Gasteiger partial charge is 0.469 e. The first-order chi connectivity index (χ1) is 4.75. The maximum absolute atomic E-state index is 8.66. The summed E-state index contributed by atoms with van der Waals surface area (Å²) in [6.45, 7) is 1.78. The summed E-state index contributed by atoms with van der Waals surface area (Å²) in [5, 5.41) is 8.66. The second-order valence-electron chi connectivity index (χ2n) is 2.22. The fraction of sp³-hybridized carbons (Fsp3) is 0.429.